The van der Waals surface area contributed by atoms with Gasteiger partial charge in [0.2, 0.25) is 0 Å². The summed E-state index contributed by atoms with van der Waals surface area (Å²) in [5.74, 6) is -0.138. The number of benzene rings is 1. The second-order valence-corrected chi connectivity index (χ2v) is 6.05. The van der Waals surface area contributed by atoms with E-state index in [-0.39, 0.29) is 11.9 Å². The molecule has 0 atom stereocenters. The molecular formula is C17H24N2O3. The average molecular weight is 304 g/mol. The van der Waals surface area contributed by atoms with Gasteiger partial charge in [-0.15, -0.1) is 0 Å². The van der Waals surface area contributed by atoms with Crippen molar-refractivity contribution in [3.8, 4) is 0 Å². The van der Waals surface area contributed by atoms with Crippen molar-refractivity contribution in [2.24, 2.45) is 0 Å². The molecule has 1 amide bonds. The van der Waals surface area contributed by atoms with E-state index in [4.69, 9.17) is 4.74 Å². The van der Waals surface area contributed by atoms with Crippen molar-refractivity contribution >= 4 is 23.3 Å². The third-order valence-electron chi connectivity index (χ3n) is 3.67. The smallest absolute Gasteiger partial charge is 0.305 e. The molecule has 1 N–H and O–H groups in total. The second-order valence-electron chi connectivity index (χ2n) is 6.05. The van der Waals surface area contributed by atoms with Gasteiger partial charge in [0, 0.05) is 13.0 Å². The van der Waals surface area contributed by atoms with Crippen LogP contribution >= 0.6 is 0 Å². The molecule has 1 aromatic carbocycles. The highest BCUT2D eigenvalue weighted by atomic mass is 16.5. The number of hydrogen-bond acceptors (Lipinski definition) is 4. The van der Waals surface area contributed by atoms with Gasteiger partial charge in [-0.2, -0.15) is 0 Å². The summed E-state index contributed by atoms with van der Waals surface area (Å²) in [5.41, 5.74) is 1.20. The molecule has 5 heteroatoms. The molecule has 0 radical (unpaired) electrons. The number of hydrogen-bond donors (Lipinski definition) is 1. The predicted octanol–water partition coefficient (Wildman–Crippen LogP) is 2.96. The minimum absolute atomic E-state index is 0.0334. The zero-order valence-corrected chi connectivity index (χ0v) is 13.5. The Labute approximate surface area is 131 Å². The average Bonchev–Trinajstić information content (AvgIpc) is 2.47. The van der Waals surface area contributed by atoms with Crippen LogP contribution in [0.3, 0.4) is 0 Å². The lowest BCUT2D eigenvalue weighted by Gasteiger charge is -2.40. The Balaban J connectivity index is 2.00. The summed E-state index contributed by atoms with van der Waals surface area (Å²) in [5, 5.41) is 3.26. The number of anilines is 2. The molecular weight excluding hydrogens is 280 g/mol. The number of rotatable bonds is 6. The standard InChI is InChI=1S/C17H24N2O3/c1-4-8-15(20)22-12-7-11-19-14-10-6-5-9-13(14)18-17(2,3)16(19)21/h5-6,9-10,18H,4,7-8,11-12H2,1-3H3. The normalized spacial score (nSPS) is 16.0. The van der Waals surface area contributed by atoms with E-state index in [9.17, 15) is 9.59 Å². The maximum absolute atomic E-state index is 12.6. The molecule has 0 saturated carbocycles. The van der Waals surface area contributed by atoms with Crippen LogP contribution in [0.1, 0.15) is 40.0 Å². The van der Waals surface area contributed by atoms with Crippen molar-refractivity contribution < 1.29 is 14.3 Å². The van der Waals surface area contributed by atoms with E-state index < -0.39 is 5.54 Å². The Hall–Kier alpha value is -2.04. The third kappa shape index (κ3) is 3.59. The highest BCUT2D eigenvalue weighted by Gasteiger charge is 2.37. The van der Waals surface area contributed by atoms with E-state index in [1.807, 2.05) is 45.0 Å². The number of carbonyl (C=O) groups is 2. The first-order valence-electron chi connectivity index (χ1n) is 7.80. The van der Waals surface area contributed by atoms with E-state index in [1.54, 1.807) is 4.90 Å². The number of fused-ring (bicyclic) bond motifs is 1. The molecule has 0 bridgehead atoms. The lowest BCUT2D eigenvalue weighted by atomic mass is 9.98. The summed E-state index contributed by atoms with van der Waals surface area (Å²) in [6.07, 6.45) is 1.87. The Morgan fingerprint density at radius 2 is 2.05 bits per heavy atom. The Morgan fingerprint density at radius 1 is 1.32 bits per heavy atom. The molecule has 120 valence electrons. The van der Waals surface area contributed by atoms with Crippen molar-refractivity contribution in [3.63, 3.8) is 0 Å². The van der Waals surface area contributed by atoms with Crippen LogP contribution in [0.15, 0.2) is 24.3 Å². The van der Waals surface area contributed by atoms with Crippen molar-refractivity contribution in [2.75, 3.05) is 23.4 Å². The number of nitrogens with zero attached hydrogens (tertiary/aromatic N) is 1. The fourth-order valence-electron chi connectivity index (χ4n) is 2.56. The lowest BCUT2D eigenvalue weighted by Crippen LogP contribution is -2.54. The molecule has 0 saturated heterocycles. The zero-order chi connectivity index (χ0) is 16.2. The van der Waals surface area contributed by atoms with Crippen molar-refractivity contribution in [1.29, 1.82) is 0 Å². The number of carbonyl (C=O) groups excluding carboxylic acids is 2. The highest BCUT2D eigenvalue weighted by Crippen LogP contribution is 2.34. The first-order chi connectivity index (χ1) is 10.5. The van der Waals surface area contributed by atoms with Crippen molar-refractivity contribution in [3.05, 3.63) is 24.3 Å². The van der Waals surface area contributed by atoms with Gasteiger partial charge in [-0.05, 0) is 38.8 Å². The quantitative estimate of drug-likeness (QED) is 0.648. The molecule has 2 rings (SSSR count). The summed E-state index contributed by atoms with van der Waals surface area (Å²) >= 11 is 0. The van der Waals surface area contributed by atoms with E-state index >= 15 is 0 Å². The van der Waals surface area contributed by atoms with Gasteiger partial charge < -0.3 is 15.0 Å². The van der Waals surface area contributed by atoms with Gasteiger partial charge in [-0.1, -0.05) is 19.1 Å². The minimum Gasteiger partial charge on any atom is -0.466 e. The summed E-state index contributed by atoms with van der Waals surface area (Å²) in [6, 6.07) is 7.76. The molecule has 1 aromatic rings. The first kappa shape index (κ1) is 16.3. The van der Waals surface area contributed by atoms with E-state index in [0.717, 1.165) is 17.8 Å². The topological polar surface area (TPSA) is 58.6 Å². The van der Waals surface area contributed by atoms with Crippen LogP contribution in [0.2, 0.25) is 0 Å². The molecule has 0 spiro atoms. The maximum Gasteiger partial charge on any atom is 0.305 e. The summed E-state index contributed by atoms with van der Waals surface area (Å²) in [4.78, 5) is 25.7. The van der Waals surface area contributed by atoms with Gasteiger partial charge in [0.1, 0.15) is 5.54 Å². The van der Waals surface area contributed by atoms with Crippen LogP contribution in [0, 0.1) is 0 Å². The van der Waals surface area contributed by atoms with E-state index in [0.29, 0.717) is 26.0 Å². The van der Waals surface area contributed by atoms with Crippen LogP contribution in [-0.2, 0) is 14.3 Å². The van der Waals surface area contributed by atoms with E-state index in [1.165, 1.54) is 0 Å². The molecule has 0 fully saturated rings. The number of para-hydroxylation sites is 2. The Morgan fingerprint density at radius 3 is 2.77 bits per heavy atom. The molecule has 0 aromatic heterocycles. The van der Waals surface area contributed by atoms with E-state index in [2.05, 4.69) is 5.32 Å². The van der Waals surface area contributed by atoms with Gasteiger partial charge in [-0.25, -0.2) is 0 Å². The monoisotopic (exact) mass is 304 g/mol. The lowest BCUT2D eigenvalue weighted by molar-refractivity contribution is -0.143. The van der Waals surface area contributed by atoms with Crippen LogP contribution in [0.5, 0.6) is 0 Å². The predicted molar refractivity (Wildman–Crippen MR) is 87.0 cm³/mol. The number of esters is 1. The van der Waals surface area contributed by atoms with Crippen LogP contribution in [0.25, 0.3) is 0 Å². The fraction of sp³-hybridized carbons (Fsp3) is 0.529. The van der Waals surface area contributed by atoms with Crippen LogP contribution < -0.4 is 10.2 Å². The molecule has 5 nitrogen and oxygen atoms in total. The molecule has 22 heavy (non-hydrogen) atoms. The van der Waals surface area contributed by atoms with Crippen LogP contribution in [-0.4, -0.2) is 30.6 Å². The summed E-state index contributed by atoms with van der Waals surface area (Å²) in [6.45, 7) is 6.58. The SMILES string of the molecule is CCCC(=O)OCCCN1C(=O)C(C)(C)Nc2ccccc21. The number of amides is 1. The second kappa shape index (κ2) is 6.81. The van der Waals surface area contributed by atoms with Crippen molar-refractivity contribution in [1.82, 2.24) is 0 Å². The maximum atomic E-state index is 12.6. The highest BCUT2D eigenvalue weighted by molar-refractivity contribution is 6.07. The Bertz CT molecular complexity index is 555. The summed E-state index contributed by atoms with van der Waals surface area (Å²) in [7, 11) is 0. The third-order valence-corrected chi connectivity index (χ3v) is 3.67. The largest absolute Gasteiger partial charge is 0.466 e. The fourth-order valence-corrected chi connectivity index (χ4v) is 2.56. The van der Waals surface area contributed by atoms with Gasteiger partial charge in [-0.3, -0.25) is 9.59 Å². The molecule has 1 aliphatic rings. The minimum atomic E-state index is -0.632. The number of ether oxygens (including phenoxy) is 1. The van der Waals surface area contributed by atoms with Gasteiger partial charge >= 0.3 is 5.97 Å². The molecule has 0 aliphatic carbocycles. The number of nitrogens with one attached hydrogen (secondary N) is 1. The molecule has 1 heterocycles. The van der Waals surface area contributed by atoms with Gasteiger partial charge in [0.15, 0.2) is 0 Å². The van der Waals surface area contributed by atoms with Gasteiger partial charge in [0.05, 0.1) is 18.0 Å². The Kier molecular flexibility index (Phi) is 5.06. The summed E-state index contributed by atoms with van der Waals surface area (Å²) < 4.78 is 5.16. The zero-order valence-electron chi connectivity index (χ0n) is 13.5. The van der Waals surface area contributed by atoms with Crippen molar-refractivity contribution in [2.45, 2.75) is 45.6 Å². The molecule has 1 aliphatic heterocycles. The molecule has 0 unspecified atom stereocenters. The first-order valence-corrected chi connectivity index (χ1v) is 7.80. The van der Waals surface area contributed by atoms with Gasteiger partial charge in [0.25, 0.3) is 5.91 Å². The van der Waals surface area contributed by atoms with Crippen LogP contribution in [0.4, 0.5) is 11.4 Å².